The number of esters is 2. The Balaban J connectivity index is 1.71. The van der Waals surface area contributed by atoms with Crippen LogP contribution in [0, 0.1) is 0 Å². The molecule has 0 bridgehead atoms. The van der Waals surface area contributed by atoms with Crippen molar-refractivity contribution in [2.24, 2.45) is 0 Å². The molecule has 0 heterocycles. The van der Waals surface area contributed by atoms with E-state index in [2.05, 4.69) is 0 Å². The molecule has 0 aliphatic heterocycles. The quantitative estimate of drug-likeness (QED) is 0.227. The number of aliphatic hydroxyl groups excluding tert-OH is 1. The standard InChI is InChI=1S/C27H28O12/c1-36-19-11-15(3-7-17(19)28)5-9-23(30)38-21-13-27(35,26(33)34)14-22(25(21)32)39-24(31)10-6-16-4-8-18(29)20(12-16)37-2/h3-12,21-22,25,28-29,32,35H,13-14H2,1-2H3,(H,33,34)/t21-,22-,25?,27?/m1/s1. The van der Waals surface area contributed by atoms with Crippen molar-refractivity contribution in [3.8, 4) is 23.0 Å². The smallest absolute Gasteiger partial charge is 0.335 e. The summed E-state index contributed by atoms with van der Waals surface area (Å²) in [7, 11) is 2.71. The first-order valence-corrected chi connectivity index (χ1v) is 11.6. The second-order valence-electron chi connectivity index (χ2n) is 8.72. The molecule has 2 aromatic carbocycles. The van der Waals surface area contributed by atoms with Crippen molar-refractivity contribution in [3.63, 3.8) is 0 Å². The monoisotopic (exact) mass is 544 g/mol. The number of carboxylic acids is 1. The van der Waals surface area contributed by atoms with Gasteiger partial charge in [-0.1, -0.05) is 12.1 Å². The topological polar surface area (TPSA) is 189 Å². The van der Waals surface area contributed by atoms with Crippen LogP contribution in [0.1, 0.15) is 24.0 Å². The minimum absolute atomic E-state index is 0.103. The molecule has 1 fully saturated rings. The van der Waals surface area contributed by atoms with Gasteiger partial charge in [-0.15, -0.1) is 0 Å². The first-order valence-electron chi connectivity index (χ1n) is 11.6. The first kappa shape index (κ1) is 29.0. The highest BCUT2D eigenvalue weighted by molar-refractivity contribution is 5.88. The van der Waals surface area contributed by atoms with E-state index in [1.165, 1.54) is 62.8 Å². The number of carbonyl (C=O) groups is 3. The SMILES string of the molecule is COc1cc(C=CC(=O)O[C@@H]2CC(O)(C(=O)O)C[C@@H](OC(=O)C=Cc3ccc(O)c(OC)c3)C2O)ccc1O. The van der Waals surface area contributed by atoms with Crippen LogP contribution >= 0.6 is 0 Å². The van der Waals surface area contributed by atoms with Crippen molar-refractivity contribution >= 4 is 30.1 Å². The van der Waals surface area contributed by atoms with Gasteiger partial charge in [0.1, 0.15) is 18.3 Å². The minimum Gasteiger partial charge on any atom is -0.504 e. The van der Waals surface area contributed by atoms with Gasteiger partial charge in [-0.2, -0.15) is 0 Å². The van der Waals surface area contributed by atoms with E-state index in [4.69, 9.17) is 18.9 Å². The van der Waals surface area contributed by atoms with E-state index in [-0.39, 0.29) is 23.0 Å². The van der Waals surface area contributed by atoms with E-state index < -0.39 is 54.7 Å². The molecule has 2 aromatic rings. The number of carboxylic acid groups (broad SMARTS) is 1. The third-order valence-electron chi connectivity index (χ3n) is 6.00. The van der Waals surface area contributed by atoms with Crippen LogP contribution in [0.15, 0.2) is 48.6 Å². The number of aromatic hydroxyl groups is 2. The minimum atomic E-state index is -2.45. The van der Waals surface area contributed by atoms with E-state index in [1.807, 2.05) is 0 Å². The summed E-state index contributed by atoms with van der Waals surface area (Å²) in [6, 6.07) is 8.61. The zero-order chi connectivity index (χ0) is 28.7. The summed E-state index contributed by atoms with van der Waals surface area (Å²) < 4.78 is 20.4. The number of benzene rings is 2. The number of rotatable bonds is 9. The van der Waals surface area contributed by atoms with Gasteiger partial charge in [-0.25, -0.2) is 14.4 Å². The molecule has 12 heteroatoms. The maximum atomic E-state index is 12.4. The lowest BCUT2D eigenvalue weighted by atomic mass is 9.79. The second-order valence-corrected chi connectivity index (χ2v) is 8.72. The van der Waals surface area contributed by atoms with Crippen LogP contribution in [0.2, 0.25) is 0 Å². The Morgan fingerprint density at radius 3 is 1.59 bits per heavy atom. The molecule has 0 amide bonds. The molecule has 5 N–H and O–H groups in total. The van der Waals surface area contributed by atoms with Gasteiger partial charge in [-0.05, 0) is 47.5 Å². The number of aliphatic carboxylic acids is 1. The van der Waals surface area contributed by atoms with Crippen molar-refractivity contribution in [3.05, 3.63) is 59.7 Å². The first-order chi connectivity index (χ1) is 18.4. The highest BCUT2D eigenvalue weighted by Crippen LogP contribution is 2.34. The summed E-state index contributed by atoms with van der Waals surface area (Å²) in [6.07, 6.45) is -1.29. The number of carbonyl (C=O) groups excluding carboxylic acids is 2. The highest BCUT2D eigenvalue weighted by atomic mass is 16.6. The van der Waals surface area contributed by atoms with E-state index >= 15 is 0 Å². The summed E-state index contributed by atoms with van der Waals surface area (Å²) >= 11 is 0. The lowest BCUT2D eigenvalue weighted by molar-refractivity contribution is -0.203. The predicted octanol–water partition coefficient (Wildman–Crippen LogP) is 1.64. The van der Waals surface area contributed by atoms with Crippen molar-refractivity contribution in [1.82, 2.24) is 0 Å². The fraction of sp³-hybridized carbons (Fsp3) is 0.296. The number of hydrogen-bond acceptors (Lipinski definition) is 11. The fourth-order valence-electron chi connectivity index (χ4n) is 3.93. The molecule has 0 spiro atoms. The molecule has 1 saturated carbocycles. The van der Waals surface area contributed by atoms with E-state index in [1.54, 1.807) is 0 Å². The van der Waals surface area contributed by atoms with Crippen molar-refractivity contribution < 1.29 is 58.9 Å². The summed E-state index contributed by atoms with van der Waals surface area (Å²) in [5.41, 5.74) is -1.51. The molecule has 3 rings (SSSR count). The average Bonchev–Trinajstić information content (AvgIpc) is 2.90. The number of phenolic OH excluding ortho intramolecular Hbond substituents is 2. The Morgan fingerprint density at radius 1 is 0.821 bits per heavy atom. The van der Waals surface area contributed by atoms with Crippen molar-refractivity contribution in [1.29, 1.82) is 0 Å². The molecule has 0 radical (unpaired) electrons. The molecule has 0 unspecified atom stereocenters. The van der Waals surface area contributed by atoms with Gasteiger partial charge in [-0.3, -0.25) is 0 Å². The van der Waals surface area contributed by atoms with Gasteiger partial charge in [0.2, 0.25) is 0 Å². The number of ether oxygens (including phenoxy) is 4. The number of aliphatic hydroxyl groups is 2. The normalized spacial score (nSPS) is 22.9. The van der Waals surface area contributed by atoms with Crippen LogP contribution in [0.25, 0.3) is 12.2 Å². The van der Waals surface area contributed by atoms with Crippen LogP contribution < -0.4 is 9.47 Å². The van der Waals surface area contributed by atoms with E-state index in [9.17, 15) is 39.9 Å². The molecular formula is C27H28O12. The zero-order valence-electron chi connectivity index (χ0n) is 21.0. The zero-order valence-corrected chi connectivity index (χ0v) is 21.0. The van der Waals surface area contributed by atoms with E-state index in [0.717, 1.165) is 12.2 Å². The maximum absolute atomic E-state index is 12.4. The number of methoxy groups -OCH3 is 2. The largest absolute Gasteiger partial charge is 0.504 e. The van der Waals surface area contributed by atoms with Gasteiger partial charge in [0, 0.05) is 25.0 Å². The van der Waals surface area contributed by atoms with Gasteiger partial charge >= 0.3 is 17.9 Å². The van der Waals surface area contributed by atoms with Gasteiger partial charge in [0.15, 0.2) is 28.6 Å². The van der Waals surface area contributed by atoms with Crippen LogP contribution in [0.4, 0.5) is 0 Å². The Bertz CT molecular complexity index is 1190. The van der Waals surface area contributed by atoms with Crippen molar-refractivity contribution in [2.45, 2.75) is 36.8 Å². The lowest BCUT2D eigenvalue weighted by Gasteiger charge is -2.40. The predicted molar refractivity (Wildman–Crippen MR) is 135 cm³/mol. The Labute approximate surface area is 222 Å². The van der Waals surface area contributed by atoms with Crippen LogP contribution in [-0.2, 0) is 23.9 Å². The summed E-state index contributed by atoms with van der Waals surface area (Å²) in [5, 5.41) is 50.2. The van der Waals surface area contributed by atoms with Crippen LogP contribution in [0.3, 0.4) is 0 Å². The highest BCUT2D eigenvalue weighted by Gasteiger charge is 2.52. The molecule has 1 aliphatic rings. The summed E-state index contributed by atoms with van der Waals surface area (Å²) in [4.78, 5) is 36.6. The van der Waals surface area contributed by atoms with Gasteiger partial charge in [0.25, 0.3) is 0 Å². The molecular weight excluding hydrogens is 516 g/mol. The second kappa shape index (κ2) is 12.3. The molecule has 208 valence electrons. The molecule has 2 atom stereocenters. The Morgan fingerprint density at radius 2 is 1.23 bits per heavy atom. The lowest BCUT2D eigenvalue weighted by Crippen LogP contribution is -2.58. The molecule has 39 heavy (non-hydrogen) atoms. The van der Waals surface area contributed by atoms with Crippen molar-refractivity contribution in [2.75, 3.05) is 14.2 Å². The van der Waals surface area contributed by atoms with Crippen LogP contribution in [-0.4, -0.2) is 81.6 Å². The number of hydrogen-bond donors (Lipinski definition) is 5. The Kier molecular flexibility index (Phi) is 9.17. The van der Waals surface area contributed by atoms with Gasteiger partial charge < -0.3 is 44.5 Å². The third kappa shape index (κ3) is 7.27. The van der Waals surface area contributed by atoms with Crippen LogP contribution in [0.5, 0.6) is 23.0 Å². The molecule has 1 aliphatic carbocycles. The van der Waals surface area contributed by atoms with Gasteiger partial charge in [0.05, 0.1) is 14.2 Å². The van der Waals surface area contributed by atoms with E-state index in [0.29, 0.717) is 11.1 Å². The summed E-state index contributed by atoms with van der Waals surface area (Å²) in [5.74, 6) is -3.44. The third-order valence-corrected chi connectivity index (χ3v) is 6.00. The maximum Gasteiger partial charge on any atom is 0.335 e. The summed E-state index contributed by atoms with van der Waals surface area (Å²) in [6.45, 7) is 0. The fourth-order valence-corrected chi connectivity index (χ4v) is 3.93. The molecule has 0 aromatic heterocycles. The molecule has 0 saturated heterocycles. The number of phenols is 2. The average molecular weight is 545 g/mol. The molecule has 12 nitrogen and oxygen atoms in total. The Hall–Kier alpha value is -4.55.